The molecule has 1 amide bonds. The van der Waals surface area contributed by atoms with Crippen LogP contribution < -0.4 is 11.0 Å². The number of carbonyl (C=O) groups excluding carboxylic acids is 1. The minimum absolute atomic E-state index is 0.130. The van der Waals surface area contributed by atoms with E-state index in [1.54, 1.807) is 6.92 Å². The first-order valence-corrected chi connectivity index (χ1v) is 8.21. The molecule has 1 aromatic heterocycles. The van der Waals surface area contributed by atoms with E-state index in [4.69, 9.17) is 0 Å². The summed E-state index contributed by atoms with van der Waals surface area (Å²) < 4.78 is 0. The highest BCUT2D eigenvalue weighted by molar-refractivity contribution is 7.98. The van der Waals surface area contributed by atoms with Crippen LogP contribution in [0.2, 0.25) is 0 Å². The molecule has 0 aliphatic heterocycles. The Morgan fingerprint density at radius 1 is 1.40 bits per heavy atom. The number of nitrogens with zero attached hydrogens (tertiary/aromatic N) is 1. The van der Waals surface area contributed by atoms with E-state index in [2.05, 4.69) is 22.2 Å². The Hall–Kier alpha value is -1.30. The zero-order chi connectivity index (χ0) is 14.7. The predicted molar refractivity (Wildman–Crippen MR) is 80.3 cm³/mol. The van der Waals surface area contributed by atoms with E-state index in [0.29, 0.717) is 22.2 Å². The fourth-order valence-electron chi connectivity index (χ4n) is 2.75. The van der Waals surface area contributed by atoms with Gasteiger partial charge >= 0.3 is 5.69 Å². The SMILES string of the molecule is CSc1nc(=O)[nH]c(C)c1C(=O)N[C@@H]1CCCC[C@@H]1C. The molecule has 5 nitrogen and oxygen atoms in total. The maximum atomic E-state index is 12.5. The summed E-state index contributed by atoms with van der Waals surface area (Å²) in [5.74, 6) is 0.371. The lowest BCUT2D eigenvalue weighted by molar-refractivity contribution is 0.0905. The molecule has 0 unspecified atom stereocenters. The van der Waals surface area contributed by atoms with Gasteiger partial charge in [0.25, 0.3) is 5.91 Å². The third-order valence-corrected chi connectivity index (χ3v) is 4.62. The summed E-state index contributed by atoms with van der Waals surface area (Å²) in [4.78, 5) is 30.3. The molecule has 20 heavy (non-hydrogen) atoms. The van der Waals surface area contributed by atoms with E-state index in [1.807, 2.05) is 6.26 Å². The summed E-state index contributed by atoms with van der Waals surface area (Å²) in [5, 5.41) is 3.60. The van der Waals surface area contributed by atoms with Gasteiger partial charge < -0.3 is 10.3 Å². The molecule has 0 saturated heterocycles. The zero-order valence-electron chi connectivity index (χ0n) is 12.2. The summed E-state index contributed by atoms with van der Waals surface area (Å²) in [6.07, 6.45) is 6.40. The van der Waals surface area contributed by atoms with Crippen molar-refractivity contribution >= 4 is 17.7 Å². The highest BCUT2D eigenvalue weighted by atomic mass is 32.2. The van der Waals surface area contributed by atoms with Gasteiger partial charge in [-0.3, -0.25) is 4.79 Å². The number of H-pyrrole nitrogens is 1. The molecule has 6 heteroatoms. The van der Waals surface area contributed by atoms with E-state index in [-0.39, 0.29) is 11.9 Å². The predicted octanol–water partition coefficient (Wildman–Crippen LogP) is 2.11. The van der Waals surface area contributed by atoms with Crippen LogP contribution in [0.5, 0.6) is 0 Å². The number of thioether (sulfide) groups is 1. The summed E-state index contributed by atoms with van der Waals surface area (Å²) in [6.45, 7) is 3.92. The molecule has 2 rings (SSSR count). The second-order valence-electron chi connectivity index (χ2n) is 5.39. The third kappa shape index (κ3) is 3.23. The van der Waals surface area contributed by atoms with Crippen molar-refractivity contribution in [2.75, 3.05) is 6.26 Å². The van der Waals surface area contributed by atoms with Crippen LogP contribution in [0, 0.1) is 12.8 Å². The normalized spacial score (nSPS) is 22.6. The van der Waals surface area contributed by atoms with E-state index in [0.717, 1.165) is 19.3 Å². The van der Waals surface area contributed by atoms with Crippen LogP contribution in [-0.2, 0) is 0 Å². The fraction of sp³-hybridized carbons (Fsp3) is 0.643. The van der Waals surface area contributed by atoms with Gasteiger partial charge in [-0.25, -0.2) is 4.79 Å². The van der Waals surface area contributed by atoms with E-state index >= 15 is 0 Å². The maximum Gasteiger partial charge on any atom is 0.346 e. The van der Waals surface area contributed by atoms with Gasteiger partial charge in [0.2, 0.25) is 0 Å². The molecule has 110 valence electrons. The Balaban J connectivity index is 2.22. The second kappa shape index (κ2) is 6.43. The molecule has 1 aromatic rings. The molecule has 1 aliphatic rings. The Bertz CT molecular complexity index is 556. The molecule has 1 saturated carbocycles. The quantitative estimate of drug-likeness (QED) is 0.661. The van der Waals surface area contributed by atoms with Crippen LogP contribution in [0.3, 0.4) is 0 Å². The van der Waals surface area contributed by atoms with Gasteiger partial charge in [-0.05, 0) is 31.9 Å². The Morgan fingerprint density at radius 2 is 2.10 bits per heavy atom. The monoisotopic (exact) mass is 295 g/mol. The largest absolute Gasteiger partial charge is 0.349 e. The number of hydrogen-bond donors (Lipinski definition) is 2. The lowest BCUT2D eigenvalue weighted by Gasteiger charge is -2.29. The van der Waals surface area contributed by atoms with Gasteiger partial charge in [-0.15, -0.1) is 11.8 Å². The fourth-order valence-corrected chi connectivity index (χ4v) is 3.37. The topological polar surface area (TPSA) is 74.8 Å². The van der Waals surface area contributed by atoms with Crippen molar-refractivity contribution in [2.45, 2.75) is 50.6 Å². The molecule has 0 spiro atoms. The minimum atomic E-state index is -0.408. The molecule has 1 aliphatic carbocycles. The Kier molecular flexibility index (Phi) is 4.86. The van der Waals surface area contributed by atoms with Crippen LogP contribution in [0.4, 0.5) is 0 Å². The van der Waals surface area contributed by atoms with Crippen molar-refractivity contribution in [3.8, 4) is 0 Å². The van der Waals surface area contributed by atoms with Gasteiger partial charge in [-0.1, -0.05) is 19.8 Å². The van der Waals surface area contributed by atoms with Crippen LogP contribution in [0.25, 0.3) is 0 Å². The standard InChI is InChI=1S/C14H21N3O2S/c1-8-6-4-5-7-10(8)16-12(18)11-9(2)15-14(19)17-13(11)20-3/h8,10H,4-7H2,1-3H3,(H,16,18)(H,15,17,19)/t8-,10+/m0/s1. The molecule has 0 bridgehead atoms. The number of aryl methyl sites for hydroxylation is 1. The minimum Gasteiger partial charge on any atom is -0.349 e. The molecule has 0 radical (unpaired) electrons. The van der Waals surface area contributed by atoms with E-state index < -0.39 is 5.69 Å². The maximum absolute atomic E-state index is 12.5. The molecular weight excluding hydrogens is 274 g/mol. The Morgan fingerprint density at radius 3 is 2.75 bits per heavy atom. The van der Waals surface area contributed by atoms with Gasteiger partial charge in [0.15, 0.2) is 0 Å². The lowest BCUT2D eigenvalue weighted by Crippen LogP contribution is -2.41. The molecule has 0 aromatic carbocycles. The third-order valence-electron chi connectivity index (χ3n) is 3.93. The number of amides is 1. The van der Waals surface area contributed by atoms with Crippen molar-refractivity contribution < 1.29 is 4.79 Å². The number of rotatable bonds is 3. The van der Waals surface area contributed by atoms with E-state index in [9.17, 15) is 9.59 Å². The van der Waals surface area contributed by atoms with Gasteiger partial charge in [0.05, 0.1) is 5.56 Å². The first kappa shape index (κ1) is 15.1. The molecule has 1 heterocycles. The van der Waals surface area contributed by atoms with E-state index in [1.165, 1.54) is 18.2 Å². The van der Waals surface area contributed by atoms with Crippen molar-refractivity contribution in [1.29, 1.82) is 0 Å². The van der Waals surface area contributed by atoms with Crippen molar-refractivity contribution in [2.24, 2.45) is 5.92 Å². The summed E-state index contributed by atoms with van der Waals surface area (Å²) in [7, 11) is 0. The van der Waals surface area contributed by atoms with Crippen LogP contribution in [-0.4, -0.2) is 28.2 Å². The number of hydrogen-bond acceptors (Lipinski definition) is 4. The molecule has 2 N–H and O–H groups in total. The molecular formula is C14H21N3O2S. The molecule has 1 fully saturated rings. The number of carbonyl (C=O) groups is 1. The summed E-state index contributed by atoms with van der Waals surface area (Å²) in [6, 6.07) is 0.220. The highest BCUT2D eigenvalue weighted by Gasteiger charge is 2.25. The van der Waals surface area contributed by atoms with Gasteiger partial charge in [0, 0.05) is 11.7 Å². The number of aromatic amines is 1. The average Bonchev–Trinajstić information content (AvgIpc) is 2.40. The Labute approximate surface area is 123 Å². The van der Waals surface area contributed by atoms with Gasteiger partial charge in [0.1, 0.15) is 5.03 Å². The first-order valence-electron chi connectivity index (χ1n) is 6.98. The summed E-state index contributed by atoms with van der Waals surface area (Å²) in [5.41, 5.74) is 0.666. The average molecular weight is 295 g/mol. The van der Waals surface area contributed by atoms with Crippen molar-refractivity contribution in [3.63, 3.8) is 0 Å². The second-order valence-corrected chi connectivity index (χ2v) is 6.19. The number of aromatic nitrogens is 2. The molecule has 2 atom stereocenters. The number of nitrogens with one attached hydrogen (secondary N) is 2. The lowest BCUT2D eigenvalue weighted by atomic mass is 9.86. The van der Waals surface area contributed by atoms with Crippen LogP contribution in [0.15, 0.2) is 9.82 Å². The van der Waals surface area contributed by atoms with Crippen molar-refractivity contribution in [1.82, 2.24) is 15.3 Å². The first-order chi connectivity index (χ1) is 9.52. The van der Waals surface area contributed by atoms with Crippen molar-refractivity contribution in [3.05, 3.63) is 21.7 Å². The van der Waals surface area contributed by atoms with Crippen LogP contribution >= 0.6 is 11.8 Å². The van der Waals surface area contributed by atoms with Crippen LogP contribution in [0.1, 0.15) is 48.7 Å². The van der Waals surface area contributed by atoms with Gasteiger partial charge in [-0.2, -0.15) is 4.98 Å². The highest BCUT2D eigenvalue weighted by Crippen LogP contribution is 2.25. The zero-order valence-corrected chi connectivity index (χ0v) is 13.0. The smallest absolute Gasteiger partial charge is 0.346 e. The summed E-state index contributed by atoms with van der Waals surface area (Å²) >= 11 is 1.32.